The van der Waals surface area contributed by atoms with Crippen molar-refractivity contribution in [1.29, 1.82) is 0 Å². The lowest BCUT2D eigenvalue weighted by Crippen LogP contribution is -2.19. The first-order valence-corrected chi connectivity index (χ1v) is 8.10. The summed E-state index contributed by atoms with van der Waals surface area (Å²) in [6.07, 6.45) is 4.11. The SMILES string of the molecule is CCOc1ccc2[nH]c3c(NCC4CCCO4)ncnc3c2c1. The van der Waals surface area contributed by atoms with Gasteiger partial charge in [0.25, 0.3) is 0 Å². The summed E-state index contributed by atoms with van der Waals surface area (Å²) in [5.74, 6) is 1.67. The van der Waals surface area contributed by atoms with Crippen LogP contribution < -0.4 is 10.1 Å². The van der Waals surface area contributed by atoms with Crippen molar-refractivity contribution in [2.24, 2.45) is 0 Å². The van der Waals surface area contributed by atoms with Crippen molar-refractivity contribution in [2.75, 3.05) is 25.1 Å². The summed E-state index contributed by atoms with van der Waals surface area (Å²) in [4.78, 5) is 12.2. The Morgan fingerprint density at radius 3 is 3.17 bits per heavy atom. The molecule has 1 aliphatic rings. The normalized spacial score (nSPS) is 17.9. The summed E-state index contributed by atoms with van der Waals surface area (Å²) in [5.41, 5.74) is 2.87. The predicted molar refractivity (Wildman–Crippen MR) is 90.0 cm³/mol. The first kappa shape index (κ1) is 14.3. The molecular weight excluding hydrogens is 292 g/mol. The van der Waals surface area contributed by atoms with Gasteiger partial charge >= 0.3 is 0 Å². The van der Waals surface area contributed by atoms with Gasteiger partial charge in [-0.2, -0.15) is 0 Å². The van der Waals surface area contributed by atoms with Gasteiger partial charge in [-0.15, -0.1) is 0 Å². The van der Waals surface area contributed by atoms with E-state index < -0.39 is 0 Å². The molecule has 0 bridgehead atoms. The number of rotatable bonds is 5. The van der Waals surface area contributed by atoms with Crippen LogP contribution in [0, 0.1) is 0 Å². The number of fused-ring (bicyclic) bond motifs is 3. The predicted octanol–water partition coefficient (Wildman–Crippen LogP) is 3.10. The number of H-pyrrole nitrogens is 1. The maximum atomic E-state index is 5.66. The van der Waals surface area contributed by atoms with Gasteiger partial charge in [-0.25, -0.2) is 9.97 Å². The minimum absolute atomic E-state index is 0.272. The summed E-state index contributed by atoms with van der Waals surface area (Å²) in [6.45, 7) is 4.26. The zero-order chi connectivity index (χ0) is 15.6. The van der Waals surface area contributed by atoms with Gasteiger partial charge in [0.1, 0.15) is 23.1 Å². The smallest absolute Gasteiger partial charge is 0.153 e. The maximum absolute atomic E-state index is 5.66. The topological polar surface area (TPSA) is 72.1 Å². The van der Waals surface area contributed by atoms with Crippen LogP contribution in [0.5, 0.6) is 5.75 Å². The van der Waals surface area contributed by atoms with Gasteiger partial charge < -0.3 is 19.8 Å². The Morgan fingerprint density at radius 2 is 2.35 bits per heavy atom. The molecule has 4 rings (SSSR count). The van der Waals surface area contributed by atoms with E-state index in [9.17, 15) is 0 Å². The fourth-order valence-corrected chi connectivity index (χ4v) is 3.08. The molecule has 120 valence electrons. The van der Waals surface area contributed by atoms with Crippen molar-refractivity contribution in [2.45, 2.75) is 25.9 Å². The van der Waals surface area contributed by atoms with Crippen molar-refractivity contribution in [3.63, 3.8) is 0 Å². The van der Waals surface area contributed by atoms with Crippen LogP contribution in [0.25, 0.3) is 21.9 Å². The molecule has 1 aliphatic heterocycles. The molecular formula is C17H20N4O2. The zero-order valence-electron chi connectivity index (χ0n) is 13.1. The van der Waals surface area contributed by atoms with E-state index in [1.54, 1.807) is 6.33 Å². The van der Waals surface area contributed by atoms with E-state index >= 15 is 0 Å². The second kappa shape index (κ2) is 6.04. The van der Waals surface area contributed by atoms with Gasteiger partial charge in [0.15, 0.2) is 5.82 Å². The Labute approximate surface area is 134 Å². The average molecular weight is 312 g/mol. The molecule has 0 amide bonds. The van der Waals surface area contributed by atoms with Crippen LogP contribution in [0.4, 0.5) is 5.82 Å². The number of aromatic amines is 1. The van der Waals surface area contributed by atoms with E-state index in [4.69, 9.17) is 9.47 Å². The lowest BCUT2D eigenvalue weighted by molar-refractivity contribution is 0.120. The molecule has 1 atom stereocenters. The third kappa shape index (κ3) is 2.70. The van der Waals surface area contributed by atoms with E-state index in [-0.39, 0.29) is 6.10 Å². The summed E-state index contributed by atoms with van der Waals surface area (Å²) >= 11 is 0. The minimum Gasteiger partial charge on any atom is -0.494 e. The van der Waals surface area contributed by atoms with E-state index in [1.807, 2.05) is 25.1 Å². The van der Waals surface area contributed by atoms with Gasteiger partial charge in [0.05, 0.1) is 12.7 Å². The van der Waals surface area contributed by atoms with Crippen molar-refractivity contribution in [1.82, 2.24) is 15.0 Å². The molecule has 6 nitrogen and oxygen atoms in total. The Bertz CT molecular complexity index is 824. The third-order valence-corrected chi connectivity index (χ3v) is 4.19. The van der Waals surface area contributed by atoms with Crippen LogP contribution in [-0.4, -0.2) is 40.8 Å². The van der Waals surface area contributed by atoms with Crippen LogP contribution in [0.3, 0.4) is 0 Å². The van der Waals surface area contributed by atoms with Crippen molar-refractivity contribution in [3.05, 3.63) is 24.5 Å². The van der Waals surface area contributed by atoms with Crippen LogP contribution in [0.1, 0.15) is 19.8 Å². The van der Waals surface area contributed by atoms with Gasteiger partial charge in [0.2, 0.25) is 0 Å². The molecule has 0 aliphatic carbocycles. The van der Waals surface area contributed by atoms with Gasteiger partial charge in [0, 0.05) is 24.1 Å². The number of hydrogen-bond acceptors (Lipinski definition) is 5. The number of anilines is 1. The highest BCUT2D eigenvalue weighted by molar-refractivity contribution is 6.08. The lowest BCUT2D eigenvalue weighted by Gasteiger charge is -2.11. The first-order chi connectivity index (χ1) is 11.3. The number of ether oxygens (including phenoxy) is 2. The van der Waals surface area contributed by atoms with E-state index in [1.165, 1.54) is 0 Å². The van der Waals surface area contributed by atoms with Crippen LogP contribution in [0.15, 0.2) is 24.5 Å². The number of nitrogens with one attached hydrogen (secondary N) is 2. The van der Waals surface area contributed by atoms with E-state index in [2.05, 4.69) is 20.3 Å². The molecule has 1 aromatic carbocycles. The third-order valence-electron chi connectivity index (χ3n) is 4.19. The second-order valence-electron chi connectivity index (χ2n) is 5.73. The van der Waals surface area contributed by atoms with E-state index in [0.717, 1.165) is 59.5 Å². The van der Waals surface area contributed by atoms with Gasteiger partial charge in [-0.3, -0.25) is 0 Å². The monoisotopic (exact) mass is 312 g/mol. The summed E-state index contributed by atoms with van der Waals surface area (Å²) in [7, 11) is 0. The maximum Gasteiger partial charge on any atom is 0.153 e. The molecule has 1 saturated heterocycles. The molecule has 0 radical (unpaired) electrons. The Hall–Kier alpha value is -2.34. The van der Waals surface area contributed by atoms with Crippen LogP contribution in [-0.2, 0) is 4.74 Å². The molecule has 2 N–H and O–H groups in total. The summed E-state index contributed by atoms with van der Waals surface area (Å²) < 4.78 is 11.2. The Balaban J connectivity index is 1.69. The molecule has 0 spiro atoms. The minimum atomic E-state index is 0.272. The molecule has 1 fully saturated rings. The van der Waals surface area contributed by atoms with Crippen molar-refractivity contribution >= 4 is 27.8 Å². The van der Waals surface area contributed by atoms with Gasteiger partial charge in [-0.05, 0) is 38.0 Å². The van der Waals surface area contributed by atoms with Gasteiger partial charge in [-0.1, -0.05) is 0 Å². The average Bonchev–Trinajstić information content (AvgIpc) is 3.20. The fraction of sp³-hybridized carbons (Fsp3) is 0.412. The standard InChI is InChI=1S/C17H20N4O2/c1-2-22-11-5-6-14-13(8-11)15-16(21-14)17(20-10-19-15)18-9-12-4-3-7-23-12/h5-6,8,10,12,21H,2-4,7,9H2,1H3,(H,18,19,20). The zero-order valence-corrected chi connectivity index (χ0v) is 13.1. The van der Waals surface area contributed by atoms with Crippen LogP contribution >= 0.6 is 0 Å². The number of benzene rings is 1. The number of hydrogen-bond donors (Lipinski definition) is 2. The molecule has 6 heteroatoms. The molecule has 2 aromatic heterocycles. The van der Waals surface area contributed by atoms with Crippen LogP contribution in [0.2, 0.25) is 0 Å². The fourth-order valence-electron chi connectivity index (χ4n) is 3.08. The number of aromatic nitrogens is 3. The second-order valence-corrected chi connectivity index (χ2v) is 5.73. The lowest BCUT2D eigenvalue weighted by atomic mass is 10.2. The van der Waals surface area contributed by atoms with E-state index in [0.29, 0.717) is 6.61 Å². The quantitative estimate of drug-likeness (QED) is 0.757. The Kier molecular flexibility index (Phi) is 3.75. The first-order valence-electron chi connectivity index (χ1n) is 8.10. The number of nitrogens with zero attached hydrogens (tertiary/aromatic N) is 2. The van der Waals surface area contributed by atoms with Crippen molar-refractivity contribution < 1.29 is 9.47 Å². The molecule has 1 unspecified atom stereocenters. The largest absolute Gasteiger partial charge is 0.494 e. The molecule has 23 heavy (non-hydrogen) atoms. The molecule has 3 aromatic rings. The van der Waals surface area contributed by atoms with Crippen molar-refractivity contribution in [3.8, 4) is 5.75 Å². The highest BCUT2D eigenvalue weighted by Crippen LogP contribution is 2.30. The molecule has 0 saturated carbocycles. The summed E-state index contributed by atoms with van der Waals surface area (Å²) in [6, 6.07) is 6.01. The highest BCUT2D eigenvalue weighted by atomic mass is 16.5. The molecule has 3 heterocycles. The Morgan fingerprint density at radius 1 is 1.39 bits per heavy atom. The highest BCUT2D eigenvalue weighted by Gasteiger charge is 2.17. The summed E-state index contributed by atoms with van der Waals surface area (Å²) in [5, 5.41) is 4.44.